The molecule has 0 saturated carbocycles. The third kappa shape index (κ3) is 9.92. The zero-order valence-corrected chi connectivity index (χ0v) is 26.0. The molecule has 1 aliphatic carbocycles. The van der Waals surface area contributed by atoms with E-state index in [4.69, 9.17) is 4.74 Å². The van der Waals surface area contributed by atoms with Crippen molar-refractivity contribution in [2.24, 2.45) is 0 Å². The Bertz CT molecular complexity index is 1580. The fraction of sp³-hybridized carbons (Fsp3) is 0.278. The van der Waals surface area contributed by atoms with Crippen LogP contribution in [-0.2, 0) is 22.7 Å². The van der Waals surface area contributed by atoms with Crippen molar-refractivity contribution in [3.05, 3.63) is 130 Å². The van der Waals surface area contributed by atoms with Crippen molar-refractivity contribution in [3.63, 3.8) is 0 Å². The van der Waals surface area contributed by atoms with Crippen LogP contribution in [0.15, 0.2) is 96.6 Å². The van der Waals surface area contributed by atoms with Gasteiger partial charge in [0.15, 0.2) is 0 Å². The maximum absolute atomic E-state index is 13.4. The highest BCUT2D eigenvalue weighted by Gasteiger charge is 2.25. The summed E-state index contributed by atoms with van der Waals surface area (Å²) in [6.45, 7) is 4.36. The first-order valence-corrected chi connectivity index (χ1v) is 15.0. The quantitative estimate of drug-likeness (QED) is 0.251. The van der Waals surface area contributed by atoms with Gasteiger partial charge in [-0.1, -0.05) is 78.4 Å². The van der Waals surface area contributed by atoms with E-state index in [9.17, 15) is 19.2 Å². The van der Waals surface area contributed by atoms with Crippen LogP contribution in [0.2, 0.25) is 0 Å². The van der Waals surface area contributed by atoms with Gasteiger partial charge < -0.3 is 25.6 Å². The SMILES string of the molecule is Cc1cccc(CNC(=O)c2ccc(C(=O)N[C@@H](CNC(=O)N(C)CC3=CCCC=C3)C(=O)OCc3ccccc3)c(C)c2)c1. The third-order valence-electron chi connectivity index (χ3n) is 7.38. The number of rotatable bonds is 12. The predicted octanol–water partition coefficient (Wildman–Crippen LogP) is 4.99. The summed E-state index contributed by atoms with van der Waals surface area (Å²) >= 11 is 0. The summed E-state index contributed by atoms with van der Waals surface area (Å²) < 4.78 is 5.50. The Morgan fingerprint density at radius 1 is 0.867 bits per heavy atom. The number of ether oxygens (including phenoxy) is 1. The molecule has 45 heavy (non-hydrogen) atoms. The van der Waals surface area contributed by atoms with E-state index in [1.165, 1.54) is 4.90 Å². The van der Waals surface area contributed by atoms with Crippen molar-refractivity contribution in [3.8, 4) is 0 Å². The number of nitrogens with one attached hydrogen (secondary N) is 3. The Labute approximate surface area is 264 Å². The molecule has 3 N–H and O–H groups in total. The monoisotopic (exact) mass is 608 g/mol. The lowest BCUT2D eigenvalue weighted by Crippen LogP contribution is -2.51. The standard InChI is InChI=1S/C36H40N4O5/c1-25-11-10-16-29(19-25)21-37-33(41)30-17-18-31(26(2)20-30)34(42)39-32(35(43)45-24-28-14-8-5-9-15-28)22-38-36(44)40(3)23-27-12-6-4-7-13-27/h5-6,8-20,32H,4,7,21-24H2,1-3H3,(H,37,41)(H,38,44)(H,39,42)/t32-/m0/s1. The number of esters is 1. The molecular weight excluding hydrogens is 568 g/mol. The fourth-order valence-electron chi connectivity index (χ4n) is 4.88. The maximum atomic E-state index is 13.4. The third-order valence-corrected chi connectivity index (χ3v) is 7.38. The second-order valence-corrected chi connectivity index (χ2v) is 11.1. The summed E-state index contributed by atoms with van der Waals surface area (Å²) in [7, 11) is 1.67. The summed E-state index contributed by atoms with van der Waals surface area (Å²) in [5, 5.41) is 8.36. The lowest BCUT2D eigenvalue weighted by Gasteiger charge is -2.23. The van der Waals surface area contributed by atoms with E-state index in [1.807, 2.05) is 67.6 Å². The Morgan fingerprint density at radius 3 is 2.36 bits per heavy atom. The van der Waals surface area contributed by atoms with E-state index < -0.39 is 17.9 Å². The van der Waals surface area contributed by atoms with Gasteiger partial charge in [0.1, 0.15) is 12.6 Å². The molecule has 9 nitrogen and oxygen atoms in total. The lowest BCUT2D eigenvalue weighted by molar-refractivity contribution is -0.147. The van der Waals surface area contributed by atoms with Crippen LogP contribution in [0.25, 0.3) is 0 Å². The maximum Gasteiger partial charge on any atom is 0.330 e. The normalized spacial score (nSPS) is 12.8. The molecule has 0 aliphatic heterocycles. The molecule has 3 aromatic rings. The first-order valence-electron chi connectivity index (χ1n) is 15.0. The van der Waals surface area contributed by atoms with Gasteiger partial charge in [0.05, 0.1) is 6.54 Å². The van der Waals surface area contributed by atoms with Crippen LogP contribution >= 0.6 is 0 Å². The number of aryl methyl sites for hydroxylation is 2. The van der Waals surface area contributed by atoms with Crippen molar-refractivity contribution in [2.45, 2.75) is 45.9 Å². The van der Waals surface area contributed by atoms with Crippen molar-refractivity contribution in [2.75, 3.05) is 20.1 Å². The number of allylic oxidation sites excluding steroid dienone is 2. The Morgan fingerprint density at radius 2 is 1.64 bits per heavy atom. The van der Waals surface area contributed by atoms with Gasteiger partial charge in [0.2, 0.25) is 0 Å². The molecule has 0 aromatic heterocycles. The number of nitrogens with zero attached hydrogens (tertiary/aromatic N) is 1. The highest BCUT2D eigenvalue weighted by Crippen LogP contribution is 2.14. The van der Waals surface area contributed by atoms with E-state index in [-0.39, 0.29) is 25.1 Å². The molecule has 4 rings (SSSR count). The van der Waals surface area contributed by atoms with E-state index in [2.05, 4.69) is 28.1 Å². The van der Waals surface area contributed by atoms with Crippen molar-refractivity contribution in [1.82, 2.24) is 20.9 Å². The lowest BCUT2D eigenvalue weighted by atomic mass is 10.0. The highest BCUT2D eigenvalue weighted by molar-refractivity contribution is 6.00. The Kier molecular flexibility index (Phi) is 11.7. The molecule has 0 unspecified atom stereocenters. The van der Waals surface area contributed by atoms with E-state index >= 15 is 0 Å². The number of amides is 4. The van der Waals surface area contributed by atoms with Crippen LogP contribution in [0, 0.1) is 13.8 Å². The molecule has 3 aromatic carbocycles. The smallest absolute Gasteiger partial charge is 0.330 e. The van der Waals surface area contributed by atoms with Crippen LogP contribution in [0.3, 0.4) is 0 Å². The minimum absolute atomic E-state index is 0.0196. The van der Waals surface area contributed by atoms with Gasteiger partial charge in [-0.25, -0.2) is 9.59 Å². The van der Waals surface area contributed by atoms with Crippen LogP contribution in [0.1, 0.15) is 55.8 Å². The number of hydrogen-bond acceptors (Lipinski definition) is 5. The summed E-state index contributed by atoms with van der Waals surface area (Å²) in [5.41, 5.74) is 5.19. The van der Waals surface area contributed by atoms with E-state index in [0.717, 1.165) is 35.1 Å². The summed E-state index contributed by atoms with van der Waals surface area (Å²) in [6.07, 6.45) is 8.08. The molecule has 9 heteroatoms. The Balaban J connectivity index is 1.40. The van der Waals surface area contributed by atoms with E-state index in [1.54, 1.807) is 32.2 Å². The number of hydrogen-bond donors (Lipinski definition) is 3. The molecule has 0 heterocycles. The number of carbonyl (C=O) groups excluding carboxylic acids is 4. The number of likely N-dealkylation sites (N-methyl/N-ethyl adjacent to an activating group) is 1. The minimum atomic E-state index is -1.15. The predicted molar refractivity (Wildman–Crippen MR) is 174 cm³/mol. The van der Waals surface area contributed by atoms with Gasteiger partial charge in [-0.15, -0.1) is 0 Å². The summed E-state index contributed by atoms with van der Waals surface area (Å²) in [6, 6.07) is 20.3. The summed E-state index contributed by atoms with van der Waals surface area (Å²) in [4.78, 5) is 53.7. The second kappa shape index (κ2) is 16.0. The average Bonchev–Trinajstić information content (AvgIpc) is 3.05. The van der Waals surface area contributed by atoms with Crippen molar-refractivity contribution < 1.29 is 23.9 Å². The van der Waals surface area contributed by atoms with Gasteiger partial charge in [-0.3, -0.25) is 9.59 Å². The topological polar surface area (TPSA) is 117 Å². The van der Waals surface area contributed by atoms with Crippen molar-refractivity contribution >= 4 is 23.8 Å². The number of benzene rings is 3. The van der Waals surface area contributed by atoms with Crippen LogP contribution in [0.5, 0.6) is 0 Å². The summed E-state index contributed by atoms with van der Waals surface area (Å²) in [5.74, 6) is -1.47. The Hall–Kier alpha value is -5.18. The van der Waals surface area contributed by atoms with Crippen molar-refractivity contribution in [1.29, 1.82) is 0 Å². The molecule has 0 bridgehead atoms. The molecule has 1 aliphatic rings. The molecule has 0 saturated heterocycles. The molecule has 0 spiro atoms. The number of urea groups is 1. The van der Waals surface area contributed by atoms with Crippen LogP contribution in [0.4, 0.5) is 4.79 Å². The minimum Gasteiger partial charge on any atom is -0.459 e. The van der Waals surface area contributed by atoms with Gasteiger partial charge in [0.25, 0.3) is 11.8 Å². The number of carbonyl (C=O) groups is 4. The van der Waals surface area contributed by atoms with Gasteiger partial charge >= 0.3 is 12.0 Å². The molecule has 0 fully saturated rings. The fourth-order valence-corrected chi connectivity index (χ4v) is 4.88. The van der Waals surface area contributed by atoms with Crippen LogP contribution < -0.4 is 16.0 Å². The van der Waals surface area contributed by atoms with E-state index in [0.29, 0.717) is 29.8 Å². The average molecular weight is 609 g/mol. The highest BCUT2D eigenvalue weighted by atomic mass is 16.5. The zero-order valence-electron chi connectivity index (χ0n) is 26.0. The molecule has 1 atom stereocenters. The first kappa shape index (κ1) is 32.7. The van der Waals surface area contributed by atoms with Gasteiger partial charge in [0, 0.05) is 31.3 Å². The molecule has 4 amide bonds. The zero-order chi connectivity index (χ0) is 32.2. The first-order chi connectivity index (χ1) is 21.7. The van der Waals surface area contributed by atoms with Gasteiger partial charge in [-0.2, -0.15) is 0 Å². The molecule has 0 radical (unpaired) electrons. The van der Waals surface area contributed by atoms with Crippen LogP contribution in [-0.4, -0.2) is 54.9 Å². The molecule has 234 valence electrons. The molecular formula is C36H40N4O5. The largest absolute Gasteiger partial charge is 0.459 e. The second-order valence-electron chi connectivity index (χ2n) is 11.1. The van der Waals surface area contributed by atoms with Gasteiger partial charge in [-0.05, 0) is 67.2 Å².